The van der Waals surface area contributed by atoms with Crippen molar-refractivity contribution in [1.29, 1.82) is 0 Å². The van der Waals surface area contributed by atoms with E-state index < -0.39 is 0 Å². The summed E-state index contributed by atoms with van der Waals surface area (Å²) in [7, 11) is 3.01. The zero-order chi connectivity index (χ0) is 13.2. The fourth-order valence-electron chi connectivity index (χ4n) is 1.84. The average molecular weight is 257 g/mol. The molecule has 3 rings (SSSR count). The minimum Gasteiger partial charge on any atom is -0.480 e. The summed E-state index contributed by atoms with van der Waals surface area (Å²) in [5.41, 5.74) is 1.89. The molecule has 0 amide bonds. The normalized spacial score (nSPS) is 10.6. The molecule has 6 heteroatoms. The van der Waals surface area contributed by atoms with E-state index in [1.165, 1.54) is 14.2 Å². The molecule has 0 aliphatic rings. The molecule has 0 spiro atoms. The van der Waals surface area contributed by atoms with Gasteiger partial charge < -0.3 is 14.0 Å². The van der Waals surface area contributed by atoms with E-state index in [1.54, 1.807) is 0 Å². The summed E-state index contributed by atoms with van der Waals surface area (Å²) in [6.45, 7) is 0. The fraction of sp³-hybridized carbons (Fsp3) is 0.154. The summed E-state index contributed by atoms with van der Waals surface area (Å²) in [6, 6.07) is 9.82. The van der Waals surface area contributed by atoms with Gasteiger partial charge in [-0.25, -0.2) is 0 Å². The topological polar surface area (TPSA) is 70.3 Å². The second kappa shape index (κ2) is 4.56. The number of hydrogen-bond donors (Lipinski definition) is 0. The number of nitrogens with zero attached hydrogens (tertiary/aromatic N) is 3. The maximum absolute atomic E-state index is 5.26. The van der Waals surface area contributed by atoms with Crippen molar-refractivity contribution in [3.8, 4) is 23.1 Å². The van der Waals surface area contributed by atoms with Crippen molar-refractivity contribution in [1.82, 2.24) is 15.1 Å². The Labute approximate surface area is 109 Å². The maximum Gasteiger partial charge on any atom is 0.322 e. The summed E-state index contributed by atoms with van der Waals surface area (Å²) in [5.74, 6) is 0.377. The number of aromatic nitrogens is 3. The van der Waals surface area contributed by atoms with Gasteiger partial charge in [-0.05, 0) is 0 Å². The Kier molecular flexibility index (Phi) is 2.75. The van der Waals surface area contributed by atoms with Crippen molar-refractivity contribution in [3.63, 3.8) is 0 Å². The second-order valence-corrected chi connectivity index (χ2v) is 3.80. The Balaban J connectivity index is 2.28. The van der Waals surface area contributed by atoms with Crippen LogP contribution < -0.4 is 9.47 Å². The van der Waals surface area contributed by atoms with Crippen molar-refractivity contribution in [2.24, 2.45) is 0 Å². The van der Waals surface area contributed by atoms with Crippen LogP contribution in [0.2, 0.25) is 0 Å². The Hall–Kier alpha value is -2.63. The zero-order valence-corrected chi connectivity index (χ0v) is 10.5. The summed E-state index contributed by atoms with van der Waals surface area (Å²) in [5, 5.41) is 4.67. The van der Waals surface area contributed by atoms with Crippen LogP contribution >= 0.6 is 0 Å². The standard InChI is InChI=1S/C13H11N3O3/c1-17-11-9-10(8-6-4-3-5-7-8)16-19-12(9)15-13(14-11)18-2/h3-7H,1-2H3. The third-order valence-electron chi connectivity index (χ3n) is 2.71. The average Bonchev–Trinajstić information content (AvgIpc) is 2.91. The minimum absolute atomic E-state index is 0.181. The summed E-state index contributed by atoms with van der Waals surface area (Å²) < 4.78 is 15.5. The summed E-state index contributed by atoms with van der Waals surface area (Å²) in [6.07, 6.45) is 0. The number of hydrogen-bond acceptors (Lipinski definition) is 6. The van der Waals surface area contributed by atoms with Crippen LogP contribution in [0, 0.1) is 0 Å². The van der Waals surface area contributed by atoms with Crippen LogP contribution in [0.1, 0.15) is 0 Å². The lowest BCUT2D eigenvalue weighted by Gasteiger charge is -2.03. The first-order valence-corrected chi connectivity index (χ1v) is 5.64. The van der Waals surface area contributed by atoms with Gasteiger partial charge in [0.15, 0.2) is 0 Å². The molecule has 0 saturated heterocycles. The third-order valence-corrected chi connectivity index (χ3v) is 2.71. The predicted molar refractivity (Wildman–Crippen MR) is 68.1 cm³/mol. The van der Waals surface area contributed by atoms with Gasteiger partial charge in [0.2, 0.25) is 5.88 Å². The highest BCUT2D eigenvalue weighted by molar-refractivity contribution is 5.93. The summed E-state index contributed by atoms with van der Waals surface area (Å²) >= 11 is 0. The third kappa shape index (κ3) is 1.87. The number of benzene rings is 1. The molecule has 0 aliphatic heterocycles. The molecular formula is C13H11N3O3. The fourth-order valence-corrected chi connectivity index (χ4v) is 1.84. The maximum atomic E-state index is 5.26. The van der Waals surface area contributed by atoms with E-state index in [-0.39, 0.29) is 6.01 Å². The van der Waals surface area contributed by atoms with E-state index in [0.717, 1.165) is 5.56 Å². The molecule has 0 radical (unpaired) electrons. The lowest BCUT2D eigenvalue weighted by molar-refractivity contribution is 0.352. The van der Waals surface area contributed by atoms with Gasteiger partial charge >= 0.3 is 6.01 Å². The van der Waals surface area contributed by atoms with Crippen LogP contribution in [0.3, 0.4) is 0 Å². The zero-order valence-electron chi connectivity index (χ0n) is 10.5. The monoisotopic (exact) mass is 257 g/mol. The highest BCUT2D eigenvalue weighted by Gasteiger charge is 2.19. The van der Waals surface area contributed by atoms with Gasteiger partial charge in [0, 0.05) is 5.56 Å². The largest absolute Gasteiger partial charge is 0.480 e. The second-order valence-electron chi connectivity index (χ2n) is 3.80. The van der Waals surface area contributed by atoms with Crippen LogP contribution in [0.25, 0.3) is 22.4 Å². The van der Waals surface area contributed by atoms with Gasteiger partial charge in [0.05, 0.1) is 14.2 Å². The van der Waals surface area contributed by atoms with Crippen molar-refractivity contribution in [3.05, 3.63) is 30.3 Å². The first-order chi connectivity index (χ1) is 9.33. The minimum atomic E-state index is 0.181. The van der Waals surface area contributed by atoms with Gasteiger partial charge in [-0.15, -0.1) is 0 Å². The Morgan fingerprint density at radius 1 is 1.00 bits per heavy atom. The van der Waals surface area contributed by atoms with Gasteiger partial charge in [0.1, 0.15) is 11.1 Å². The molecule has 3 aromatic rings. The molecular weight excluding hydrogens is 246 g/mol. The molecule has 1 aromatic carbocycles. The Bertz CT molecular complexity index is 710. The molecule has 0 bridgehead atoms. The Morgan fingerprint density at radius 2 is 1.79 bits per heavy atom. The first-order valence-electron chi connectivity index (χ1n) is 5.64. The van der Waals surface area contributed by atoms with E-state index in [4.69, 9.17) is 14.0 Å². The first kappa shape index (κ1) is 11.5. The molecule has 0 fully saturated rings. The number of methoxy groups -OCH3 is 2. The molecule has 0 atom stereocenters. The van der Waals surface area contributed by atoms with Crippen molar-refractivity contribution in [2.45, 2.75) is 0 Å². The number of fused-ring (bicyclic) bond motifs is 1. The van der Waals surface area contributed by atoms with Crippen molar-refractivity contribution < 1.29 is 14.0 Å². The lowest BCUT2D eigenvalue weighted by Crippen LogP contribution is -1.96. The lowest BCUT2D eigenvalue weighted by atomic mass is 10.1. The quantitative estimate of drug-likeness (QED) is 0.717. The highest BCUT2D eigenvalue weighted by Crippen LogP contribution is 2.33. The van der Waals surface area contributed by atoms with E-state index in [2.05, 4.69) is 15.1 Å². The summed E-state index contributed by atoms with van der Waals surface area (Å²) in [4.78, 5) is 8.25. The molecule has 0 N–H and O–H groups in total. The van der Waals surface area contributed by atoms with E-state index >= 15 is 0 Å². The van der Waals surface area contributed by atoms with Gasteiger partial charge in [-0.3, -0.25) is 0 Å². The molecule has 2 heterocycles. The van der Waals surface area contributed by atoms with Crippen LogP contribution in [0.4, 0.5) is 0 Å². The van der Waals surface area contributed by atoms with Crippen LogP contribution in [-0.2, 0) is 0 Å². The Morgan fingerprint density at radius 3 is 2.47 bits per heavy atom. The predicted octanol–water partition coefficient (Wildman–Crippen LogP) is 2.30. The number of ether oxygens (including phenoxy) is 2. The smallest absolute Gasteiger partial charge is 0.322 e. The number of rotatable bonds is 3. The van der Waals surface area contributed by atoms with E-state index in [0.29, 0.717) is 22.7 Å². The van der Waals surface area contributed by atoms with E-state index in [9.17, 15) is 0 Å². The van der Waals surface area contributed by atoms with Crippen LogP contribution in [0.15, 0.2) is 34.9 Å². The van der Waals surface area contributed by atoms with Crippen LogP contribution in [-0.4, -0.2) is 29.3 Å². The van der Waals surface area contributed by atoms with Gasteiger partial charge in [0.25, 0.3) is 5.71 Å². The molecule has 0 saturated carbocycles. The molecule has 0 aliphatic carbocycles. The molecule has 6 nitrogen and oxygen atoms in total. The van der Waals surface area contributed by atoms with Gasteiger partial charge in [-0.1, -0.05) is 35.5 Å². The SMILES string of the molecule is COc1nc(OC)c2c(-c3ccccc3)noc2n1. The van der Waals surface area contributed by atoms with Crippen molar-refractivity contribution in [2.75, 3.05) is 14.2 Å². The van der Waals surface area contributed by atoms with Gasteiger partial charge in [-0.2, -0.15) is 9.97 Å². The molecule has 19 heavy (non-hydrogen) atoms. The molecule has 96 valence electrons. The highest BCUT2D eigenvalue weighted by atomic mass is 16.5. The van der Waals surface area contributed by atoms with Crippen molar-refractivity contribution >= 4 is 11.1 Å². The van der Waals surface area contributed by atoms with Crippen LogP contribution in [0.5, 0.6) is 11.9 Å². The molecule has 0 unspecified atom stereocenters. The molecule has 2 aromatic heterocycles. The van der Waals surface area contributed by atoms with E-state index in [1.807, 2.05) is 30.3 Å².